The summed E-state index contributed by atoms with van der Waals surface area (Å²) in [7, 11) is 1.66. The Morgan fingerprint density at radius 3 is 3.00 bits per heavy atom. The van der Waals surface area contributed by atoms with E-state index in [1.807, 2.05) is 31.2 Å². The van der Waals surface area contributed by atoms with Gasteiger partial charge < -0.3 is 15.8 Å². The summed E-state index contributed by atoms with van der Waals surface area (Å²) >= 11 is 0. The van der Waals surface area contributed by atoms with Crippen molar-refractivity contribution in [1.29, 1.82) is 0 Å². The lowest BCUT2D eigenvalue weighted by atomic mass is 10.1. The van der Waals surface area contributed by atoms with Gasteiger partial charge in [0.2, 0.25) is 5.91 Å². The fourth-order valence-corrected chi connectivity index (χ4v) is 2.73. The number of nitrogens with two attached hydrogens (primary N) is 1. The fourth-order valence-electron chi connectivity index (χ4n) is 2.73. The van der Waals surface area contributed by atoms with E-state index in [2.05, 4.69) is 16.8 Å². The second-order valence-corrected chi connectivity index (χ2v) is 5.95. The molecule has 0 unspecified atom stereocenters. The lowest BCUT2D eigenvalue weighted by molar-refractivity contribution is -0.125. The first kappa shape index (κ1) is 16.5. The van der Waals surface area contributed by atoms with Crippen LogP contribution in [0.15, 0.2) is 36.4 Å². The first-order chi connectivity index (χ1) is 10.5. The molecule has 1 aliphatic rings. The zero-order chi connectivity index (χ0) is 16.1. The van der Waals surface area contributed by atoms with Crippen LogP contribution < -0.4 is 15.8 Å². The average Bonchev–Trinajstić information content (AvgIpc) is 2.85. The third kappa shape index (κ3) is 4.32. The quantitative estimate of drug-likeness (QED) is 0.777. The van der Waals surface area contributed by atoms with E-state index >= 15 is 0 Å². The number of nitrogens with zero attached hydrogens (tertiary/aromatic N) is 1. The van der Waals surface area contributed by atoms with E-state index in [1.54, 1.807) is 7.05 Å². The van der Waals surface area contributed by atoms with Gasteiger partial charge in [0.15, 0.2) is 0 Å². The first-order valence-corrected chi connectivity index (χ1v) is 7.57. The van der Waals surface area contributed by atoms with Gasteiger partial charge in [-0.2, -0.15) is 0 Å². The summed E-state index contributed by atoms with van der Waals surface area (Å²) in [5.41, 5.74) is 8.11. The van der Waals surface area contributed by atoms with Gasteiger partial charge in [-0.3, -0.25) is 9.69 Å². The van der Waals surface area contributed by atoms with Gasteiger partial charge in [-0.1, -0.05) is 18.7 Å². The molecule has 1 aromatic rings. The van der Waals surface area contributed by atoms with Gasteiger partial charge >= 0.3 is 0 Å². The van der Waals surface area contributed by atoms with Gasteiger partial charge in [-0.05, 0) is 36.6 Å². The largest absolute Gasteiger partial charge is 0.489 e. The number of likely N-dealkylation sites (N-methyl/N-ethyl adjacent to an activating group) is 1. The van der Waals surface area contributed by atoms with E-state index < -0.39 is 0 Å². The summed E-state index contributed by atoms with van der Waals surface area (Å²) in [5, 5.41) is 2.72. The van der Waals surface area contributed by atoms with E-state index in [9.17, 15) is 4.79 Å². The highest BCUT2D eigenvalue weighted by Gasteiger charge is 2.34. The van der Waals surface area contributed by atoms with Gasteiger partial charge in [0.25, 0.3) is 0 Å². The Morgan fingerprint density at radius 1 is 1.55 bits per heavy atom. The molecule has 2 atom stereocenters. The first-order valence-electron chi connectivity index (χ1n) is 7.57. The van der Waals surface area contributed by atoms with E-state index in [0.29, 0.717) is 19.6 Å². The molecular formula is C17H25N3O2. The molecule has 0 aliphatic carbocycles. The molecule has 0 saturated carbocycles. The Labute approximate surface area is 132 Å². The molecule has 1 heterocycles. The van der Waals surface area contributed by atoms with Crippen molar-refractivity contribution in [3.05, 3.63) is 42.0 Å². The van der Waals surface area contributed by atoms with Gasteiger partial charge in [-0.15, -0.1) is 0 Å². The second kappa shape index (κ2) is 7.42. The molecule has 0 spiro atoms. The fraction of sp³-hybridized carbons (Fsp3) is 0.471. The number of rotatable bonds is 6. The monoisotopic (exact) mass is 303 g/mol. The van der Waals surface area contributed by atoms with Crippen LogP contribution in [0, 0.1) is 0 Å². The molecule has 1 fully saturated rings. The van der Waals surface area contributed by atoms with Crippen molar-refractivity contribution in [2.24, 2.45) is 5.73 Å². The topological polar surface area (TPSA) is 67.6 Å². The van der Waals surface area contributed by atoms with Crippen molar-refractivity contribution in [2.75, 3.05) is 20.2 Å². The van der Waals surface area contributed by atoms with Crippen LogP contribution in [0.3, 0.4) is 0 Å². The van der Waals surface area contributed by atoms with Crippen molar-refractivity contribution in [3.63, 3.8) is 0 Å². The zero-order valence-electron chi connectivity index (χ0n) is 13.3. The standard InChI is InChI=1S/C17H25N3O2/c1-12(2)11-22-15-6-4-5-13(7-15)9-20-10-14(18)8-16(20)17(21)19-3/h4-7,14,16H,1,8-11,18H2,2-3H3,(H,19,21)/t14-,16+/m1/s1. The number of hydrogen-bond acceptors (Lipinski definition) is 4. The molecule has 120 valence electrons. The third-order valence-corrected chi connectivity index (χ3v) is 3.75. The molecule has 5 nitrogen and oxygen atoms in total. The summed E-state index contributed by atoms with van der Waals surface area (Å²) in [5.74, 6) is 0.850. The number of carbonyl (C=O) groups excluding carboxylic acids is 1. The van der Waals surface area contributed by atoms with Crippen molar-refractivity contribution < 1.29 is 9.53 Å². The summed E-state index contributed by atoms with van der Waals surface area (Å²) < 4.78 is 5.67. The number of likely N-dealkylation sites (tertiary alicyclic amines) is 1. The minimum Gasteiger partial charge on any atom is -0.489 e. The Kier molecular flexibility index (Phi) is 5.57. The average molecular weight is 303 g/mol. The molecule has 2 rings (SSSR count). The van der Waals surface area contributed by atoms with Gasteiger partial charge in [-0.25, -0.2) is 0 Å². The molecule has 1 aliphatic heterocycles. The SMILES string of the molecule is C=C(C)COc1cccc(CN2C[C@H](N)C[C@H]2C(=O)NC)c1. The maximum Gasteiger partial charge on any atom is 0.237 e. The Balaban J connectivity index is 2.04. The summed E-state index contributed by atoms with van der Waals surface area (Å²) in [6.07, 6.45) is 0.700. The predicted molar refractivity (Wildman–Crippen MR) is 87.6 cm³/mol. The summed E-state index contributed by atoms with van der Waals surface area (Å²) in [6.45, 7) is 7.70. The highest BCUT2D eigenvalue weighted by Crippen LogP contribution is 2.22. The normalized spacial score (nSPS) is 21.6. The minimum absolute atomic E-state index is 0.0302. The second-order valence-electron chi connectivity index (χ2n) is 5.95. The molecule has 5 heteroatoms. The lowest BCUT2D eigenvalue weighted by Gasteiger charge is -2.23. The zero-order valence-corrected chi connectivity index (χ0v) is 13.3. The molecule has 0 bridgehead atoms. The van der Waals surface area contributed by atoms with Crippen molar-refractivity contribution in [3.8, 4) is 5.75 Å². The van der Waals surface area contributed by atoms with Gasteiger partial charge in [0, 0.05) is 26.2 Å². The number of benzene rings is 1. The van der Waals surface area contributed by atoms with E-state index in [0.717, 1.165) is 23.4 Å². The van der Waals surface area contributed by atoms with Crippen LogP contribution >= 0.6 is 0 Å². The minimum atomic E-state index is -0.153. The maximum absolute atomic E-state index is 12.0. The lowest BCUT2D eigenvalue weighted by Crippen LogP contribution is -2.41. The smallest absolute Gasteiger partial charge is 0.237 e. The van der Waals surface area contributed by atoms with Crippen LogP contribution in [0.4, 0.5) is 0 Å². The number of ether oxygens (including phenoxy) is 1. The van der Waals surface area contributed by atoms with Crippen molar-refractivity contribution in [2.45, 2.75) is 32.0 Å². The van der Waals surface area contributed by atoms with Gasteiger partial charge in [0.1, 0.15) is 12.4 Å². The van der Waals surface area contributed by atoms with Crippen LogP contribution in [0.2, 0.25) is 0 Å². The molecular weight excluding hydrogens is 278 g/mol. The van der Waals surface area contributed by atoms with Crippen molar-refractivity contribution >= 4 is 5.91 Å². The van der Waals surface area contributed by atoms with Crippen LogP contribution in [0.25, 0.3) is 0 Å². The predicted octanol–water partition coefficient (Wildman–Crippen LogP) is 1.29. The molecule has 22 heavy (non-hydrogen) atoms. The van der Waals surface area contributed by atoms with E-state index in [4.69, 9.17) is 10.5 Å². The Morgan fingerprint density at radius 2 is 2.32 bits per heavy atom. The van der Waals surface area contributed by atoms with Crippen molar-refractivity contribution in [1.82, 2.24) is 10.2 Å². The molecule has 1 saturated heterocycles. The molecule has 1 amide bonds. The van der Waals surface area contributed by atoms with E-state index in [-0.39, 0.29) is 18.0 Å². The van der Waals surface area contributed by atoms with Crippen LogP contribution in [-0.4, -0.2) is 43.1 Å². The number of carbonyl (C=O) groups is 1. The van der Waals surface area contributed by atoms with Crippen LogP contribution in [0.1, 0.15) is 18.9 Å². The number of amides is 1. The molecule has 0 aromatic heterocycles. The van der Waals surface area contributed by atoms with Crippen LogP contribution in [-0.2, 0) is 11.3 Å². The maximum atomic E-state index is 12.0. The Bertz CT molecular complexity index is 544. The summed E-state index contributed by atoms with van der Waals surface area (Å²) in [6, 6.07) is 7.84. The van der Waals surface area contributed by atoms with E-state index in [1.165, 1.54) is 0 Å². The highest BCUT2D eigenvalue weighted by molar-refractivity contribution is 5.81. The van der Waals surface area contributed by atoms with Gasteiger partial charge in [0.05, 0.1) is 6.04 Å². The summed E-state index contributed by atoms with van der Waals surface area (Å²) in [4.78, 5) is 14.1. The Hall–Kier alpha value is -1.85. The molecule has 3 N–H and O–H groups in total. The number of hydrogen-bond donors (Lipinski definition) is 2. The molecule has 0 radical (unpaired) electrons. The number of nitrogens with one attached hydrogen (secondary N) is 1. The van der Waals surface area contributed by atoms with Crippen LogP contribution in [0.5, 0.6) is 5.75 Å². The molecule has 1 aromatic carbocycles. The third-order valence-electron chi connectivity index (χ3n) is 3.75. The highest BCUT2D eigenvalue weighted by atomic mass is 16.5.